The molecule has 0 bridgehead atoms. The number of hydrogen-bond acceptors (Lipinski definition) is 15. The van der Waals surface area contributed by atoms with Crippen LogP contribution in [-0.2, 0) is 38.0 Å². The number of esters is 2. The highest BCUT2D eigenvalue weighted by atomic mass is 16.7. The number of aliphatic hydroxyl groups is 7. The SMILES string of the molecule is CC/C=C/C=C/C=C/C=C/CCCCCC(=O)OC(COC(=O)CCCCCCCCCCCCCCCCCCCC)CO[C@@H]1O[C@H](CO[C@@H]2O[C@H](CO)[C@H](O)C(O)C2O)[C@H](O)C(O)C1O. The van der Waals surface area contributed by atoms with E-state index in [2.05, 4.69) is 26.0 Å². The Kier molecular flexibility index (Phi) is 35.5. The number of unbranched alkanes of at least 4 members (excludes halogenated alkanes) is 20. The van der Waals surface area contributed by atoms with Crippen molar-refractivity contribution in [3.05, 3.63) is 48.6 Å². The van der Waals surface area contributed by atoms with Gasteiger partial charge in [-0.1, -0.05) is 178 Å². The second-order valence-electron chi connectivity index (χ2n) is 18.1. The van der Waals surface area contributed by atoms with Gasteiger partial charge in [0, 0.05) is 12.8 Å². The number of rotatable bonds is 39. The first-order valence-electron chi connectivity index (χ1n) is 25.8. The number of carbonyl (C=O) groups excluding carboxylic acids is 2. The van der Waals surface area contributed by atoms with Gasteiger partial charge in [0.25, 0.3) is 0 Å². The Bertz CT molecular complexity index is 1350. The van der Waals surface area contributed by atoms with Crippen molar-refractivity contribution in [2.24, 2.45) is 0 Å². The molecule has 0 saturated carbocycles. The molecule has 15 nitrogen and oxygen atoms in total. The Hall–Kier alpha value is -2.54. The molecule has 2 fully saturated rings. The van der Waals surface area contributed by atoms with Gasteiger partial charge in [0.2, 0.25) is 0 Å². The van der Waals surface area contributed by atoms with Crippen molar-refractivity contribution in [3.63, 3.8) is 0 Å². The third-order valence-electron chi connectivity index (χ3n) is 12.2. The van der Waals surface area contributed by atoms with Crippen molar-refractivity contribution in [3.8, 4) is 0 Å². The minimum atomic E-state index is -1.77. The molecular formula is C52H90O15. The fraction of sp³-hybridized carbons (Fsp3) is 0.808. The van der Waals surface area contributed by atoms with Gasteiger partial charge in [0.05, 0.1) is 19.8 Å². The van der Waals surface area contributed by atoms with Crippen molar-refractivity contribution in [2.45, 2.75) is 242 Å². The van der Waals surface area contributed by atoms with Crippen LogP contribution in [0.25, 0.3) is 0 Å². The van der Waals surface area contributed by atoms with Gasteiger partial charge in [-0.2, -0.15) is 0 Å². The summed E-state index contributed by atoms with van der Waals surface area (Å²) in [6.45, 7) is 2.41. The zero-order chi connectivity index (χ0) is 48.9. The quantitative estimate of drug-likeness (QED) is 0.0185. The number of hydrogen-bond donors (Lipinski definition) is 7. The van der Waals surface area contributed by atoms with Crippen LogP contribution in [0.5, 0.6) is 0 Å². The van der Waals surface area contributed by atoms with Gasteiger partial charge in [0.1, 0.15) is 55.4 Å². The maximum absolute atomic E-state index is 13.0. The van der Waals surface area contributed by atoms with Crippen LogP contribution in [0.2, 0.25) is 0 Å². The van der Waals surface area contributed by atoms with E-state index in [0.717, 1.165) is 44.9 Å². The molecule has 67 heavy (non-hydrogen) atoms. The number of ether oxygens (including phenoxy) is 6. The van der Waals surface area contributed by atoms with Crippen LogP contribution < -0.4 is 0 Å². The molecule has 2 aliphatic heterocycles. The standard InChI is InChI=1S/C52H90O15/c1-3-5-7-9-11-13-15-17-18-19-20-21-23-24-26-28-30-32-34-43(54)62-37-40(65-44(55)35-33-31-29-27-25-22-16-14-12-10-8-6-4-2)38-63-51-50(61)48(59)46(57)42(67-51)39-64-52-49(60)47(58)45(56)41(36-53)66-52/h6,8,10,12,14,16,22,25,40-42,45-53,56-61H,3-5,7,9,11,13,15,17-21,23-24,26-39H2,1-2H3/b8-6+,12-10+,16-14+,25-22+/t40?,41-,42-,45+,46+,47?,48?,49?,50?,51-,52-/m1/s1. The molecule has 2 saturated heterocycles. The van der Waals surface area contributed by atoms with Gasteiger partial charge in [-0.15, -0.1) is 0 Å². The fourth-order valence-corrected chi connectivity index (χ4v) is 7.93. The van der Waals surface area contributed by atoms with Crippen LogP contribution in [0.15, 0.2) is 48.6 Å². The van der Waals surface area contributed by atoms with Gasteiger partial charge in [-0.25, -0.2) is 0 Å². The second-order valence-corrected chi connectivity index (χ2v) is 18.1. The van der Waals surface area contributed by atoms with Crippen LogP contribution in [0.4, 0.5) is 0 Å². The normalized spacial score (nSPS) is 26.3. The molecule has 0 aromatic rings. The van der Waals surface area contributed by atoms with Crippen molar-refractivity contribution < 1.29 is 73.8 Å². The van der Waals surface area contributed by atoms with Crippen LogP contribution in [0, 0.1) is 0 Å². The Morgan fingerprint density at radius 1 is 0.493 bits per heavy atom. The third-order valence-corrected chi connectivity index (χ3v) is 12.2. The topological polar surface area (TPSA) is 231 Å². The van der Waals surface area contributed by atoms with E-state index in [1.165, 1.54) is 89.9 Å². The lowest BCUT2D eigenvalue weighted by Gasteiger charge is -2.42. The smallest absolute Gasteiger partial charge is 0.306 e. The van der Waals surface area contributed by atoms with E-state index in [9.17, 15) is 45.3 Å². The highest BCUT2D eigenvalue weighted by molar-refractivity contribution is 5.70. The van der Waals surface area contributed by atoms with Crippen LogP contribution in [0.1, 0.15) is 174 Å². The largest absolute Gasteiger partial charge is 0.462 e. The third kappa shape index (κ3) is 27.4. The molecule has 0 radical (unpaired) electrons. The summed E-state index contributed by atoms with van der Waals surface area (Å²) < 4.78 is 33.5. The Morgan fingerprint density at radius 3 is 1.48 bits per heavy atom. The van der Waals surface area contributed by atoms with Crippen LogP contribution in [0.3, 0.4) is 0 Å². The van der Waals surface area contributed by atoms with Crippen molar-refractivity contribution >= 4 is 11.9 Å². The molecule has 5 unspecified atom stereocenters. The lowest BCUT2D eigenvalue weighted by atomic mass is 9.98. The van der Waals surface area contributed by atoms with Gasteiger partial charge in [-0.05, 0) is 32.1 Å². The molecule has 7 N–H and O–H groups in total. The van der Waals surface area contributed by atoms with Gasteiger partial charge >= 0.3 is 11.9 Å². The number of carbonyl (C=O) groups is 2. The van der Waals surface area contributed by atoms with E-state index in [4.69, 9.17) is 28.4 Å². The molecule has 2 aliphatic rings. The zero-order valence-electron chi connectivity index (χ0n) is 40.9. The average molecular weight is 955 g/mol. The van der Waals surface area contributed by atoms with E-state index >= 15 is 0 Å². The Balaban J connectivity index is 1.80. The van der Waals surface area contributed by atoms with Crippen LogP contribution in [-0.4, -0.2) is 142 Å². The molecule has 388 valence electrons. The van der Waals surface area contributed by atoms with Crippen molar-refractivity contribution in [1.82, 2.24) is 0 Å². The van der Waals surface area contributed by atoms with Crippen molar-refractivity contribution in [2.75, 3.05) is 26.4 Å². The maximum atomic E-state index is 13.0. The highest BCUT2D eigenvalue weighted by Crippen LogP contribution is 2.26. The molecule has 15 heteroatoms. The molecule has 0 aromatic heterocycles. The first kappa shape index (κ1) is 60.6. The number of allylic oxidation sites excluding steroid dienone is 8. The first-order valence-corrected chi connectivity index (χ1v) is 25.8. The van der Waals surface area contributed by atoms with Crippen LogP contribution >= 0.6 is 0 Å². The predicted octanol–water partition coefficient (Wildman–Crippen LogP) is 7.10. The summed E-state index contributed by atoms with van der Waals surface area (Å²) in [5, 5.41) is 72.0. The summed E-state index contributed by atoms with van der Waals surface area (Å²) >= 11 is 0. The molecule has 2 rings (SSSR count). The fourth-order valence-electron chi connectivity index (χ4n) is 7.93. The summed E-state index contributed by atoms with van der Waals surface area (Å²) in [5.41, 5.74) is 0. The van der Waals surface area contributed by atoms with E-state index in [0.29, 0.717) is 12.8 Å². The van der Waals surface area contributed by atoms with E-state index in [-0.39, 0.29) is 19.4 Å². The molecule has 0 aliphatic carbocycles. The van der Waals surface area contributed by atoms with Gasteiger partial charge in [0.15, 0.2) is 18.7 Å². The summed E-state index contributed by atoms with van der Waals surface area (Å²) in [4.78, 5) is 25.7. The summed E-state index contributed by atoms with van der Waals surface area (Å²) in [6.07, 6.45) is 25.8. The molecule has 11 atom stereocenters. The van der Waals surface area contributed by atoms with E-state index < -0.39 is 99.3 Å². The predicted molar refractivity (Wildman–Crippen MR) is 257 cm³/mol. The van der Waals surface area contributed by atoms with Gasteiger partial charge in [-0.3, -0.25) is 9.59 Å². The van der Waals surface area contributed by atoms with E-state index in [1.54, 1.807) is 0 Å². The Labute approximate surface area is 401 Å². The molecule has 0 amide bonds. The number of aliphatic hydroxyl groups excluding tert-OH is 7. The molecule has 0 spiro atoms. The van der Waals surface area contributed by atoms with Gasteiger partial charge < -0.3 is 64.2 Å². The monoisotopic (exact) mass is 955 g/mol. The lowest BCUT2D eigenvalue weighted by Crippen LogP contribution is -2.61. The summed E-state index contributed by atoms with van der Waals surface area (Å²) in [6, 6.07) is 0. The zero-order valence-corrected chi connectivity index (χ0v) is 40.9. The van der Waals surface area contributed by atoms with E-state index in [1.807, 2.05) is 36.5 Å². The Morgan fingerprint density at radius 2 is 0.940 bits per heavy atom. The molecule has 0 aromatic carbocycles. The highest BCUT2D eigenvalue weighted by Gasteiger charge is 2.47. The summed E-state index contributed by atoms with van der Waals surface area (Å²) in [5.74, 6) is -0.968. The maximum Gasteiger partial charge on any atom is 0.306 e. The van der Waals surface area contributed by atoms with Crippen molar-refractivity contribution in [1.29, 1.82) is 0 Å². The average Bonchev–Trinajstić information content (AvgIpc) is 3.32. The minimum Gasteiger partial charge on any atom is -0.462 e. The lowest BCUT2D eigenvalue weighted by molar-refractivity contribution is -0.332. The molecule has 2 heterocycles. The second kappa shape index (κ2) is 39.2. The summed E-state index contributed by atoms with van der Waals surface area (Å²) in [7, 11) is 0. The minimum absolute atomic E-state index is 0.119. The first-order chi connectivity index (χ1) is 32.5. The molecular weight excluding hydrogens is 865 g/mol.